The predicted molar refractivity (Wildman–Crippen MR) is 47.1 cm³/mol. The van der Waals surface area contributed by atoms with Crippen molar-refractivity contribution in [2.45, 2.75) is 39.9 Å². The van der Waals surface area contributed by atoms with Gasteiger partial charge in [-0.15, -0.1) is 0 Å². The van der Waals surface area contributed by atoms with Crippen LogP contribution in [0, 0.1) is 11.3 Å². The van der Waals surface area contributed by atoms with E-state index in [1.807, 2.05) is 0 Å². The molecule has 56 valence electrons. The molecule has 0 aliphatic heterocycles. The Morgan fingerprint density at radius 1 is 1.11 bits per heavy atom. The normalized spacial score (nSPS) is 16.3. The summed E-state index contributed by atoms with van der Waals surface area (Å²) in [6, 6.07) is 0. The van der Waals surface area contributed by atoms with Gasteiger partial charge in [0.05, 0.1) is 0 Å². The van der Waals surface area contributed by atoms with Crippen LogP contribution in [0.15, 0.2) is 0 Å². The zero-order valence-corrected chi connectivity index (χ0v) is 8.00. The van der Waals surface area contributed by atoms with E-state index in [2.05, 4.69) is 47.2 Å². The highest BCUT2D eigenvalue weighted by molar-refractivity contribution is 7.81. The molecule has 0 nitrogen and oxygen atoms in total. The van der Waals surface area contributed by atoms with Crippen molar-refractivity contribution >= 4 is 12.6 Å². The first kappa shape index (κ1) is 9.35. The molecule has 0 spiro atoms. The van der Waals surface area contributed by atoms with Crippen LogP contribution in [0.4, 0.5) is 0 Å². The maximum absolute atomic E-state index is 4.51. The van der Waals surface area contributed by atoms with Gasteiger partial charge in [-0.25, -0.2) is 0 Å². The molecule has 0 bridgehead atoms. The first-order chi connectivity index (χ1) is 3.85. The van der Waals surface area contributed by atoms with Gasteiger partial charge in [-0.2, -0.15) is 12.6 Å². The second-order valence-corrected chi connectivity index (χ2v) is 4.61. The Morgan fingerprint density at radius 3 is 1.44 bits per heavy atom. The third-order valence-electron chi connectivity index (χ3n) is 1.52. The fourth-order valence-corrected chi connectivity index (χ4v) is 1.00. The van der Waals surface area contributed by atoms with Gasteiger partial charge in [0.2, 0.25) is 0 Å². The zero-order valence-electron chi connectivity index (χ0n) is 7.10. The van der Waals surface area contributed by atoms with E-state index in [0.29, 0.717) is 16.6 Å². The molecule has 0 amide bonds. The van der Waals surface area contributed by atoms with Crippen LogP contribution in [0.1, 0.15) is 34.6 Å². The highest BCUT2D eigenvalue weighted by Crippen LogP contribution is 2.29. The lowest BCUT2D eigenvalue weighted by atomic mass is 9.85. The summed E-state index contributed by atoms with van der Waals surface area (Å²) in [7, 11) is 0. The molecule has 9 heavy (non-hydrogen) atoms. The molecule has 0 saturated carbocycles. The third kappa shape index (κ3) is 3.14. The minimum atomic E-state index is 0.345. The van der Waals surface area contributed by atoms with Crippen LogP contribution < -0.4 is 0 Å². The van der Waals surface area contributed by atoms with Gasteiger partial charge < -0.3 is 0 Å². The molecule has 0 heterocycles. The summed E-state index contributed by atoms with van der Waals surface area (Å²) in [4.78, 5) is 0. The van der Waals surface area contributed by atoms with Crippen LogP contribution in [0.25, 0.3) is 0 Å². The van der Waals surface area contributed by atoms with Crippen LogP contribution in [0.3, 0.4) is 0 Å². The van der Waals surface area contributed by atoms with E-state index in [1.165, 1.54) is 0 Å². The van der Waals surface area contributed by atoms with Gasteiger partial charge in [-0.1, -0.05) is 34.6 Å². The second kappa shape index (κ2) is 2.96. The first-order valence-electron chi connectivity index (χ1n) is 3.53. The number of hydrogen-bond donors (Lipinski definition) is 1. The SMILES string of the molecule is CC(C)C(S)C(C)(C)C. The molecule has 0 aromatic heterocycles. The van der Waals surface area contributed by atoms with Crippen molar-refractivity contribution < 1.29 is 0 Å². The highest BCUT2D eigenvalue weighted by Gasteiger charge is 2.23. The van der Waals surface area contributed by atoms with Crippen molar-refractivity contribution in [1.29, 1.82) is 0 Å². The lowest BCUT2D eigenvalue weighted by Gasteiger charge is -2.29. The number of rotatable bonds is 1. The molecule has 0 aliphatic carbocycles. The maximum atomic E-state index is 4.51. The van der Waals surface area contributed by atoms with E-state index in [1.54, 1.807) is 0 Å². The van der Waals surface area contributed by atoms with E-state index in [-0.39, 0.29) is 0 Å². The lowest BCUT2D eigenvalue weighted by molar-refractivity contribution is 0.338. The van der Waals surface area contributed by atoms with Gasteiger partial charge >= 0.3 is 0 Å². The lowest BCUT2D eigenvalue weighted by Crippen LogP contribution is -2.25. The van der Waals surface area contributed by atoms with Gasteiger partial charge in [-0.05, 0) is 11.3 Å². The zero-order chi connectivity index (χ0) is 7.65. The first-order valence-corrected chi connectivity index (χ1v) is 4.05. The van der Waals surface area contributed by atoms with Crippen LogP contribution in [-0.2, 0) is 0 Å². The molecule has 0 fully saturated rings. The third-order valence-corrected chi connectivity index (χ3v) is 2.89. The molecule has 1 atom stereocenters. The van der Waals surface area contributed by atoms with Gasteiger partial charge in [0.25, 0.3) is 0 Å². The summed E-state index contributed by atoms with van der Waals surface area (Å²) < 4.78 is 0. The van der Waals surface area contributed by atoms with Crippen LogP contribution in [-0.4, -0.2) is 5.25 Å². The van der Waals surface area contributed by atoms with Crippen LogP contribution in [0.5, 0.6) is 0 Å². The molecule has 1 heteroatoms. The Bertz CT molecular complexity index is 79.1. The highest BCUT2D eigenvalue weighted by atomic mass is 32.1. The number of hydrogen-bond acceptors (Lipinski definition) is 1. The Balaban J connectivity index is 3.88. The van der Waals surface area contributed by atoms with Crippen molar-refractivity contribution in [3.63, 3.8) is 0 Å². The average Bonchev–Trinajstić information content (AvgIpc) is 1.62. The van der Waals surface area contributed by atoms with Gasteiger partial charge in [0, 0.05) is 5.25 Å². The molecule has 0 radical (unpaired) electrons. The fraction of sp³-hybridized carbons (Fsp3) is 1.00. The summed E-state index contributed by atoms with van der Waals surface area (Å²) in [5, 5.41) is 0.512. The fourth-order valence-electron chi connectivity index (χ4n) is 1.00. The quantitative estimate of drug-likeness (QED) is 0.540. The van der Waals surface area contributed by atoms with E-state index < -0.39 is 0 Å². The minimum absolute atomic E-state index is 0.345. The van der Waals surface area contributed by atoms with Crippen molar-refractivity contribution in [2.75, 3.05) is 0 Å². The van der Waals surface area contributed by atoms with E-state index in [9.17, 15) is 0 Å². The smallest absolute Gasteiger partial charge is 0.00883 e. The van der Waals surface area contributed by atoms with Gasteiger partial charge in [0.15, 0.2) is 0 Å². The maximum Gasteiger partial charge on any atom is 0.00883 e. The summed E-state index contributed by atoms with van der Waals surface area (Å²) in [5.41, 5.74) is 0.345. The molecule has 0 aliphatic rings. The van der Waals surface area contributed by atoms with Crippen LogP contribution in [0.2, 0.25) is 0 Å². The molecular formula is C8H18S. The molecule has 0 aromatic rings. The summed E-state index contributed by atoms with van der Waals surface area (Å²) in [5.74, 6) is 0.674. The van der Waals surface area contributed by atoms with E-state index in [0.717, 1.165) is 0 Å². The molecule has 0 saturated heterocycles. The van der Waals surface area contributed by atoms with Crippen molar-refractivity contribution in [2.24, 2.45) is 11.3 Å². The molecular weight excluding hydrogens is 128 g/mol. The Hall–Kier alpha value is 0.350. The Labute approximate surface area is 64.4 Å². The minimum Gasteiger partial charge on any atom is -0.175 e. The predicted octanol–water partition coefficient (Wildman–Crippen LogP) is 2.99. The molecule has 0 rings (SSSR count). The van der Waals surface area contributed by atoms with Crippen molar-refractivity contribution in [1.82, 2.24) is 0 Å². The summed E-state index contributed by atoms with van der Waals surface area (Å²) in [6.45, 7) is 11.1. The summed E-state index contributed by atoms with van der Waals surface area (Å²) in [6.07, 6.45) is 0. The van der Waals surface area contributed by atoms with Crippen molar-refractivity contribution in [3.8, 4) is 0 Å². The van der Waals surface area contributed by atoms with Gasteiger partial charge in [-0.3, -0.25) is 0 Å². The number of thiol groups is 1. The van der Waals surface area contributed by atoms with E-state index >= 15 is 0 Å². The molecule has 0 aromatic carbocycles. The standard InChI is InChI=1S/C8H18S/c1-6(2)7(9)8(3,4)5/h6-7,9H,1-5H3. The monoisotopic (exact) mass is 146 g/mol. The molecule has 1 unspecified atom stereocenters. The van der Waals surface area contributed by atoms with Crippen LogP contribution >= 0.6 is 12.6 Å². The Kier molecular flexibility index (Phi) is 3.07. The Morgan fingerprint density at radius 2 is 1.44 bits per heavy atom. The second-order valence-electron chi connectivity index (χ2n) is 4.05. The topological polar surface area (TPSA) is 0 Å². The van der Waals surface area contributed by atoms with E-state index in [4.69, 9.17) is 0 Å². The largest absolute Gasteiger partial charge is 0.175 e. The van der Waals surface area contributed by atoms with Gasteiger partial charge in [0.1, 0.15) is 0 Å². The summed E-state index contributed by atoms with van der Waals surface area (Å²) >= 11 is 4.51. The molecule has 0 N–H and O–H groups in total. The van der Waals surface area contributed by atoms with Crippen molar-refractivity contribution in [3.05, 3.63) is 0 Å². The average molecular weight is 146 g/mol.